The van der Waals surface area contributed by atoms with E-state index in [0.29, 0.717) is 0 Å². The zero-order chi connectivity index (χ0) is 6.10. The predicted molar refractivity (Wildman–Crippen MR) is 44.1 cm³/mol. The number of thioether (sulfide) groups is 1. The van der Waals surface area contributed by atoms with Crippen LogP contribution in [-0.4, -0.2) is 5.75 Å². The molecule has 2 rings (SSSR count). The van der Waals surface area contributed by atoms with E-state index in [4.69, 9.17) is 0 Å². The smallest absolute Gasteiger partial charge is 0.0673 e. The largest absolute Gasteiger partial charge is 0.137 e. The van der Waals surface area contributed by atoms with Gasteiger partial charge in [0, 0.05) is 5.75 Å². The van der Waals surface area contributed by atoms with Crippen molar-refractivity contribution in [3.63, 3.8) is 0 Å². The van der Waals surface area contributed by atoms with Crippen molar-refractivity contribution in [3.05, 3.63) is 23.1 Å². The van der Waals surface area contributed by atoms with Gasteiger partial charge in [-0.1, -0.05) is 12.2 Å². The van der Waals surface area contributed by atoms with E-state index < -0.39 is 0 Å². The Morgan fingerprint density at radius 1 is 1.44 bits per heavy atom. The van der Waals surface area contributed by atoms with Gasteiger partial charge < -0.3 is 0 Å². The van der Waals surface area contributed by atoms with Crippen LogP contribution in [0.5, 0.6) is 0 Å². The molecule has 9 heavy (non-hydrogen) atoms. The van der Waals surface area contributed by atoms with Gasteiger partial charge in [0.25, 0.3) is 0 Å². The first-order valence-corrected chi connectivity index (χ1v) is 4.70. The molecule has 0 unspecified atom stereocenters. The molecular weight excluding hydrogens is 148 g/mol. The van der Waals surface area contributed by atoms with Gasteiger partial charge in [0.1, 0.15) is 0 Å². The molecule has 2 heterocycles. The van der Waals surface area contributed by atoms with Gasteiger partial charge in [-0.3, -0.25) is 0 Å². The molecule has 0 aromatic carbocycles. The maximum absolute atomic E-state index is 2.21. The van der Waals surface area contributed by atoms with Crippen LogP contribution in [0.3, 0.4) is 0 Å². The molecule has 0 atom stereocenters. The van der Waals surface area contributed by atoms with Crippen LogP contribution in [-0.2, 0) is 0 Å². The Hall–Kier alpha value is -0.210. The predicted octanol–water partition coefficient (Wildman–Crippen LogP) is 2.87. The van der Waals surface area contributed by atoms with E-state index in [1.54, 1.807) is 0 Å². The fourth-order valence-corrected chi connectivity index (χ4v) is 2.74. The summed E-state index contributed by atoms with van der Waals surface area (Å²) in [5, 5.41) is 2.15. The molecule has 1 aliphatic rings. The van der Waals surface area contributed by atoms with Gasteiger partial charge in [0.05, 0.1) is 4.21 Å². The molecule has 1 aromatic rings. The molecule has 0 aliphatic carbocycles. The zero-order valence-electron chi connectivity index (χ0n) is 4.83. The van der Waals surface area contributed by atoms with Crippen LogP contribution in [0.4, 0.5) is 0 Å². The molecule has 0 radical (unpaired) electrons. The highest BCUT2D eigenvalue weighted by molar-refractivity contribution is 8.01. The topological polar surface area (TPSA) is 0 Å². The van der Waals surface area contributed by atoms with Gasteiger partial charge in [0.2, 0.25) is 0 Å². The minimum atomic E-state index is 1.15. The van der Waals surface area contributed by atoms with Gasteiger partial charge >= 0.3 is 0 Å². The van der Waals surface area contributed by atoms with Gasteiger partial charge in [-0.15, -0.1) is 23.1 Å². The quantitative estimate of drug-likeness (QED) is 0.553. The lowest BCUT2D eigenvalue weighted by Gasteiger charge is -2.00. The van der Waals surface area contributed by atoms with Gasteiger partial charge in [-0.25, -0.2) is 0 Å². The van der Waals surface area contributed by atoms with E-state index in [0.717, 1.165) is 5.75 Å². The summed E-state index contributed by atoms with van der Waals surface area (Å²) in [6.45, 7) is 0. The number of hydrogen-bond acceptors (Lipinski definition) is 2. The van der Waals surface area contributed by atoms with E-state index in [2.05, 4.69) is 23.6 Å². The highest BCUT2D eigenvalue weighted by atomic mass is 32.2. The number of thiophene rings is 1. The fraction of sp³-hybridized carbons (Fsp3) is 0.143. The summed E-state index contributed by atoms with van der Waals surface area (Å²) < 4.78 is 1.47. The van der Waals surface area contributed by atoms with Crippen LogP contribution in [0.2, 0.25) is 0 Å². The Bertz CT molecular complexity index is 235. The van der Waals surface area contributed by atoms with Crippen molar-refractivity contribution >= 4 is 29.2 Å². The lowest BCUT2D eigenvalue weighted by Crippen LogP contribution is -1.78. The molecule has 1 aromatic heterocycles. The highest BCUT2D eigenvalue weighted by Crippen LogP contribution is 2.32. The molecule has 0 N–H and O–H groups in total. The summed E-state index contributed by atoms with van der Waals surface area (Å²) in [6, 6.07) is 2.17. The third-order valence-corrected chi connectivity index (χ3v) is 3.49. The van der Waals surface area contributed by atoms with Crippen LogP contribution in [0.1, 0.15) is 5.56 Å². The van der Waals surface area contributed by atoms with Crippen LogP contribution in [0.15, 0.2) is 21.7 Å². The number of fused-ring (bicyclic) bond motifs is 1. The second-order valence-corrected chi connectivity index (χ2v) is 4.08. The molecule has 0 saturated carbocycles. The lowest BCUT2D eigenvalue weighted by atomic mass is 10.3. The van der Waals surface area contributed by atoms with Crippen molar-refractivity contribution in [2.45, 2.75) is 4.21 Å². The molecular formula is C7H6S2. The van der Waals surface area contributed by atoms with Crippen LogP contribution in [0, 0.1) is 0 Å². The molecule has 46 valence electrons. The fourth-order valence-electron chi connectivity index (χ4n) is 0.845. The van der Waals surface area contributed by atoms with Crippen LogP contribution < -0.4 is 0 Å². The average molecular weight is 154 g/mol. The monoisotopic (exact) mass is 154 g/mol. The average Bonchev–Trinajstić information content (AvgIpc) is 2.33. The molecule has 0 saturated heterocycles. The Kier molecular flexibility index (Phi) is 1.36. The second kappa shape index (κ2) is 2.20. The maximum atomic E-state index is 2.21. The minimum absolute atomic E-state index is 1.15. The molecule has 0 nitrogen and oxygen atoms in total. The molecule has 0 fully saturated rings. The van der Waals surface area contributed by atoms with Crippen molar-refractivity contribution < 1.29 is 0 Å². The highest BCUT2D eigenvalue weighted by Gasteiger charge is 2.03. The van der Waals surface area contributed by atoms with Gasteiger partial charge in [-0.2, -0.15) is 0 Å². The SMILES string of the molecule is C1=Cc2ccsc2SC1. The second-order valence-electron chi connectivity index (χ2n) is 1.88. The van der Waals surface area contributed by atoms with E-state index >= 15 is 0 Å². The van der Waals surface area contributed by atoms with Gasteiger partial charge in [0.15, 0.2) is 0 Å². The molecule has 0 spiro atoms. The van der Waals surface area contributed by atoms with Crippen molar-refractivity contribution in [1.29, 1.82) is 0 Å². The van der Waals surface area contributed by atoms with E-state index in [1.807, 2.05) is 23.1 Å². The Morgan fingerprint density at radius 3 is 3.33 bits per heavy atom. The molecule has 2 heteroatoms. The van der Waals surface area contributed by atoms with Crippen molar-refractivity contribution in [1.82, 2.24) is 0 Å². The third kappa shape index (κ3) is 0.926. The minimum Gasteiger partial charge on any atom is -0.137 e. The summed E-state index contributed by atoms with van der Waals surface area (Å²) in [5.74, 6) is 1.15. The van der Waals surface area contributed by atoms with Crippen molar-refractivity contribution in [3.8, 4) is 0 Å². The molecule has 0 amide bonds. The first kappa shape index (κ1) is 5.57. The van der Waals surface area contributed by atoms with Gasteiger partial charge in [-0.05, 0) is 17.0 Å². The van der Waals surface area contributed by atoms with E-state index in [9.17, 15) is 0 Å². The number of rotatable bonds is 0. The normalized spacial score (nSPS) is 15.6. The Balaban J connectivity index is 2.53. The molecule has 1 aliphatic heterocycles. The summed E-state index contributed by atoms with van der Waals surface area (Å²) >= 11 is 3.76. The standard InChI is InChI=1S/C7H6S2/c1-2-6-3-5-9-7(6)8-4-1/h1-3,5H,4H2. The van der Waals surface area contributed by atoms with Crippen molar-refractivity contribution in [2.75, 3.05) is 5.75 Å². The number of hydrogen-bond donors (Lipinski definition) is 0. The summed E-state index contributed by atoms with van der Waals surface area (Å²) in [7, 11) is 0. The molecule has 0 bridgehead atoms. The summed E-state index contributed by atoms with van der Waals surface area (Å²) in [5.41, 5.74) is 1.40. The van der Waals surface area contributed by atoms with E-state index in [1.165, 1.54) is 9.77 Å². The first-order valence-electron chi connectivity index (χ1n) is 2.83. The summed E-state index contributed by atoms with van der Waals surface area (Å²) in [4.78, 5) is 0. The Labute approximate surface area is 62.6 Å². The zero-order valence-corrected chi connectivity index (χ0v) is 6.47. The van der Waals surface area contributed by atoms with Crippen LogP contribution >= 0.6 is 23.1 Å². The van der Waals surface area contributed by atoms with Crippen LogP contribution in [0.25, 0.3) is 6.08 Å². The third-order valence-electron chi connectivity index (χ3n) is 1.27. The lowest BCUT2D eigenvalue weighted by molar-refractivity contribution is 1.58. The summed E-state index contributed by atoms with van der Waals surface area (Å²) in [6.07, 6.45) is 4.40. The van der Waals surface area contributed by atoms with Crippen molar-refractivity contribution in [2.24, 2.45) is 0 Å². The van der Waals surface area contributed by atoms with E-state index in [-0.39, 0.29) is 0 Å². The Morgan fingerprint density at radius 2 is 2.44 bits per heavy atom. The maximum Gasteiger partial charge on any atom is 0.0673 e. The first-order chi connectivity index (χ1) is 4.47.